The van der Waals surface area contributed by atoms with Crippen LogP contribution in [-0.4, -0.2) is 15.0 Å². The van der Waals surface area contributed by atoms with E-state index in [1.54, 1.807) is 0 Å². The van der Waals surface area contributed by atoms with Crippen LogP contribution in [0.15, 0.2) is 24.3 Å². The molecular formula is C13H18N4. The van der Waals surface area contributed by atoms with Gasteiger partial charge in [-0.05, 0) is 13.3 Å². The van der Waals surface area contributed by atoms with Crippen LogP contribution in [0.2, 0.25) is 0 Å². The highest BCUT2D eigenvalue weighted by molar-refractivity contribution is 5.62. The normalized spacial score (nSPS) is 10.8. The maximum atomic E-state index is 5.71. The van der Waals surface area contributed by atoms with Crippen molar-refractivity contribution >= 4 is 0 Å². The smallest absolute Gasteiger partial charge is 0.104 e. The van der Waals surface area contributed by atoms with Crippen LogP contribution >= 0.6 is 0 Å². The van der Waals surface area contributed by atoms with Gasteiger partial charge in [0.1, 0.15) is 5.69 Å². The summed E-state index contributed by atoms with van der Waals surface area (Å²) in [6, 6.07) is 8.39. The molecule has 0 radical (unpaired) electrons. The van der Waals surface area contributed by atoms with Crippen LogP contribution in [0.25, 0.3) is 11.3 Å². The van der Waals surface area contributed by atoms with Gasteiger partial charge in [-0.25, -0.2) is 4.68 Å². The lowest BCUT2D eigenvalue weighted by Crippen LogP contribution is -2.04. The molecule has 0 saturated carbocycles. The number of aryl methyl sites for hydroxylation is 2. The molecule has 0 fully saturated rings. The summed E-state index contributed by atoms with van der Waals surface area (Å²) in [5.41, 5.74) is 10.0. The molecule has 17 heavy (non-hydrogen) atoms. The minimum atomic E-state index is 0.424. The van der Waals surface area contributed by atoms with Crippen molar-refractivity contribution in [2.75, 3.05) is 0 Å². The van der Waals surface area contributed by atoms with E-state index in [4.69, 9.17) is 5.73 Å². The van der Waals surface area contributed by atoms with Crippen LogP contribution in [-0.2, 0) is 13.1 Å². The fourth-order valence-electron chi connectivity index (χ4n) is 1.88. The Kier molecular flexibility index (Phi) is 3.54. The lowest BCUT2D eigenvalue weighted by molar-refractivity contribution is 0.584. The number of rotatable bonds is 4. The summed E-state index contributed by atoms with van der Waals surface area (Å²) >= 11 is 0. The van der Waals surface area contributed by atoms with Crippen molar-refractivity contribution in [1.29, 1.82) is 0 Å². The standard InChI is InChI=1S/C13H18N4/c1-3-8-17-13(12(9-14)15-16-17)11-6-4-10(2)5-7-11/h4-7H,3,8-9,14H2,1-2H3. The summed E-state index contributed by atoms with van der Waals surface area (Å²) in [5.74, 6) is 0. The van der Waals surface area contributed by atoms with Crippen molar-refractivity contribution in [3.63, 3.8) is 0 Å². The number of nitrogens with zero attached hydrogens (tertiary/aromatic N) is 3. The van der Waals surface area contributed by atoms with Gasteiger partial charge in [-0.15, -0.1) is 5.10 Å². The van der Waals surface area contributed by atoms with Gasteiger partial charge in [0.25, 0.3) is 0 Å². The van der Waals surface area contributed by atoms with E-state index >= 15 is 0 Å². The van der Waals surface area contributed by atoms with Gasteiger partial charge in [0.2, 0.25) is 0 Å². The summed E-state index contributed by atoms with van der Waals surface area (Å²) in [6.07, 6.45) is 1.03. The van der Waals surface area contributed by atoms with E-state index in [-0.39, 0.29) is 0 Å². The summed E-state index contributed by atoms with van der Waals surface area (Å²) in [5, 5.41) is 8.30. The second-order valence-corrected chi connectivity index (χ2v) is 4.18. The number of hydrogen-bond acceptors (Lipinski definition) is 3. The SMILES string of the molecule is CCCn1nnc(CN)c1-c1ccc(C)cc1. The fourth-order valence-corrected chi connectivity index (χ4v) is 1.88. The molecule has 0 spiro atoms. The van der Waals surface area contributed by atoms with Gasteiger partial charge < -0.3 is 5.73 Å². The Bertz CT molecular complexity index is 485. The van der Waals surface area contributed by atoms with Gasteiger partial charge in [-0.3, -0.25) is 0 Å². The molecule has 0 aliphatic heterocycles. The van der Waals surface area contributed by atoms with E-state index in [0.29, 0.717) is 6.54 Å². The number of hydrogen-bond donors (Lipinski definition) is 1. The molecule has 0 unspecified atom stereocenters. The van der Waals surface area contributed by atoms with Crippen LogP contribution in [0.3, 0.4) is 0 Å². The molecule has 2 aromatic rings. The highest BCUT2D eigenvalue weighted by Crippen LogP contribution is 2.22. The van der Waals surface area contributed by atoms with Crippen LogP contribution in [0.1, 0.15) is 24.6 Å². The zero-order chi connectivity index (χ0) is 12.3. The first-order chi connectivity index (χ1) is 8.26. The summed E-state index contributed by atoms with van der Waals surface area (Å²) < 4.78 is 1.94. The molecule has 0 bridgehead atoms. The van der Waals surface area contributed by atoms with Gasteiger partial charge in [0.15, 0.2) is 0 Å². The molecule has 90 valence electrons. The van der Waals surface area contributed by atoms with Crippen molar-refractivity contribution in [2.45, 2.75) is 33.4 Å². The Hall–Kier alpha value is -1.68. The summed E-state index contributed by atoms with van der Waals surface area (Å²) in [4.78, 5) is 0. The van der Waals surface area contributed by atoms with Crippen LogP contribution in [0.4, 0.5) is 0 Å². The molecule has 2 rings (SSSR count). The van der Waals surface area contributed by atoms with Crippen molar-refractivity contribution in [3.8, 4) is 11.3 Å². The molecule has 4 nitrogen and oxygen atoms in total. The van der Waals surface area contributed by atoms with Gasteiger partial charge in [0, 0.05) is 18.7 Å². The van der Waals surface area contributed by atoms with Crippen LogP contribution in [0.5, 0.6) is 0 Å². The molecule has 1 heterocycles. The van der Waals surface area contributed by atoms with Crippen molar-refractivity contribution < 1.29 is 0 Å². The predicted molar refractivity (Wildman–Crippen MR) is 68.4 cm³/mol. The molecule has 1 aromatic carbocycles. The van der Waals surface area contributed by atoms with Gasteiger partial charge in [0.05, 0.1) is 5.69 Å². The van der Waals surface area contributed by atoms with E-state index in [2.05, 4.69) is 48.4 Å². The molecule has 2 N–H and O–H groups in total. The van der Waals surface area contributed by atoms with Crippen molar-refractivity contribution in [1.82, 2.24) is 15.0 Å². The Morgan fingerprint density at radius 3 is 2.53 bits per heavy atom. The molecule has 0 aliphatic carbocycles. The van der Waals surface area contributed by atoms with Crippen molar-refractivity contribution in [3.05, 3.63) is 35.5 Å². The third kappa shape index (κ3) is 2.36. The lowest BCUT2D eigenvalue weighted by atomic mass is 10.1. The Balaban J connectivity index is 2.47. The molecule has 4 heteroatoms. The molecule has 0 atom stereocenters. The molecule has 0 saturated heterocycles. The Morgan fingerprint density at radius 1 is 1.24 bits per heavy atom. The largest absolute Gasteiger partial charge is 0.325 e. The second kappa shape index (κ2) is 5.10. The minimum Gasteiger partial charge on any atom is -0.325 e. The molecule has 1 aromatic heterocycles. The van der Waals surface area contributed by atoms with Gasteiger partial charge in [-0.2, -0.15) is 0 Å². The summed E-state index contributed by atoms with van der Waals surface area (Å²) in [6.45, 7) is 5.50. The first kappa shape index (κ1) is 11.8. The lowest BCUT2D eigenvalue weighted by Gasteiger charge is -2.07. The highest BCUT2D eigenvalue weighted by Gasteiger charge is 2.12. The molecule has 0 aliphatic rings. The average Bonchev–Trinajstić information content (AvgIpc) is 2.74. The monoisotopic (exact) mass is 230 g/mol. The molecule has 0 amide bonds. The maximum absolute atomic E-state index is 5.71. The van der Waals surface area contributed by atoms with Crippen LogP contribution in [0, 0.1) is 6.92 Å². The van der Waals surface area contributed by atoms with E-state index in [1.807, 2.05) is 4.68 Å². The first-order valence-corrected chi connectivity index (χ1v) is 5.95. The zero-order valence-corrected chi connectivity index (χ0v) is 10.3. The fraction of sp³-hybridized carbons (Fsp3) is 0.385. The summed E-state index contributed by atoms with van der Waals surface area (Å²) in [7, 11) is 0. The highest BCUT2D eigenvalue weighted by atomic mass is 15.4. The quantitative estimate of drug-likeness (QED) is 0.875. The maximum Gasteiger partial charge on any atom is 0.104 e. The Morgan fingerprint density at radius 2 is 1.94 bits per heavy atom. The number of benzene rings is 1. The van der Waals surface area contributed by atoms with E-state index in [1.165, 1.54) is 5.56 Å². The third-order valence-electron chi connectivity index (χ3n) is 2.76. The van der Waals surface area contributed by atoms with Crippen LogP contribution < -0.4 is 5.73 Å². The number of nitrogens with two attached hydrogens (primary N) is 1. The predicted octanol–water partition coefficient (Wildman–Crippen LogP) is 2.12. The topological polar surface area (TPSA) is 56.7 Å². The van der Waals surface area contributed by atoms with E-state index < -0.39 is 0 Å². The zero-order valence-electron chi connectivity index (χ0n) is 10.3. The number of aromatic nitrogens is 3. The Labute approximate surface area is 101 Å². The third-order valence-corrected chi connectivity index (χ3v) is 2.76. The van der Waals surface area contributed by atoms with Gasteiger partial charge in [-0.1, -0.05) is 42.0 Å². The van der Waals surface area contributed by atoms with E-state index in [0.717, 1.165) is 29.9 Å². The minimum absolute atomic E-state index is 0.424. The first-order valence-electron chi connectivity index (χ1n) is 5.95. The average molecular weight is 230 g/mol. The molecular weight excluding hydrogens is 212 g/mol. The van der Waals surface area contributed by atoms with Crippen molar-refractivity contribution in [2.24, 2.45) is 5.73 Å². The van der Waals surface area contributed by atoms with Gasteiger partial charge >= 0.3 is 0 Å². The van der Waals surface area contributed by atoms with E-state index in [9.17, 15) is 0 Å². The second-order valence-electron chi connectivity index (χ2n) is 4.18.